The van der Waals surface area contributed by atoms with Gasteiger partial charge in [0, 0.05) is 0 Å². The van der Waals surface area contributed by atoms with E-state index in [0.29, 0.717) is 0 Å². The summed E-state index contributed by atoms with van der Waals surface area (Å²) in [5, 5.41) is 0. The van der Waals surface area contributed by atoms with Crippen molar-refractivity contribution in [2.45, 2.75) is 142 Å². The molecule has 162 valence electrons. The molecule has 0 aliphatic heterocycles. The van der Waals surface area contributed by atoms with Gasteiger partial charge in [-0.3, -0.25) is 4.79 Å². The molecule has 0 radical (unpaired) electrons. The summed E-state index contributed by atoms with van der Waals surface area (Å²) in [6.45, 7) is 6.38. The first-order valence-electron chi connectivity index (χ1n) is 12.1. The van der Waals surface area contributed by atoms with Crippen LogP contribution in [0.5, 0.6) is 0 Å². The minimum atomic E-state index is -0.388. The summed E-state index contributed by atoms with van der Waals surface area (Å²) in [6.07, 6.45) is 22.1. The monoisotopic (exact) mass is 382 g/mol. The molecule has 27 heavy (non-hydrogen) atoms. The number of ketones is 1. The van der Waals surface area contributed by atoms with E-state index in [1.807, 2.05) is 6.92 Å². The highest BCUT2D eigenvalue weighted by Crippen LogP contribution is 2.15. The Hall–Kier alpha value is -0.410. The quantitative estimate of drug-likeness (QED) is 0.236. The molecule has 3 atom stereocenters. The Morgan fingerprint density at radius 3 is 1.41 bits per heavy atom. The topological polar surface area (TPSA) is 69.1 Å². The molecule has 0 aromatic carbocycles. The average Bonchev–Trinajstić information content (AvgIpc) is 2.68. The van der Waals surface area contributed by atoms with Gasteiger partial charge in [-0.1, -0.05) is 124 Å². The summed E-state index contributed by atoms with van der Waals surface area (Å²) in [5.74, 6) is 0.277. The second kappa shape index (κ2) is 18.9. The van der Waals surface area contributed by atoms with Gasteiger partial charge >= 0.3 is 0 Å². The van der Waals surface area contributed by atoms with Gasteiger partial charge in [0.25, 0.3) is 0 Å². The number of carbonyl (C=O) groups is 1. The molecule has 1 unspecified atom stereocenters. The lowest BCUT2D eigenvalue weighted by Crippen LogP contribution is -2.46. The van der Waals surface area contributed by atoms with Gasteiger partial charge in [-0.05, 0) is 12.3 Å². The second-order valence-electron chi connectivity index (χ2n) is 8.66. The average molecular weight is 383 g/mol. The highest BCUT2D eigenvalue weighted by molar-refractivity contribution is 5.88. The van der Waals surface area contributed by atoms with Crippen molar-refractivity contribution in [1.82, 2.24) is 0 Å². The molecule has 3 heteroatoms. The normalized spacial score (nSPS) is 14.9. The number of nitrogens with two attached hydrogens (primary N) is 2. The van der Waals surface area contributed by atoms with Gasteiger partial charge in [-0.2, -0.15) is 0 Å². The second-order valence-corrected chi connectivity index (χ2v) is 8.66. The van der Waals surface area contributed by atoms with E-state index in [4.69, 9.17) is 11.5 Å². The molecule has 0 heterocycles. The number of hydrogen-bond acceptors (Lipinski definition) is 3. The first-order valence-corrected chi connectivity index (χ1v) is 12.1. The number of rotatable bonds is 20. The summed E-state index contributed by atoms with van der Waals surface area (Å²) < 4.78 is 0. The van der Waals surface area contributed by atoms with E-state index in [1.165, 1.54) is 89.9 Å². The third-order valence-electron chi connectivity index (χ3n) is 6.07. The maximum absolute atomic E-state index is 12.2. The number of Topliss-reactive ketones (excluding diaryl/α,β-unsaturated/α-hetero) is 1. The molecule has 0 bridgehead atoms. The van der Waals surface area contributed by atoms with Crippen LogP contribution in [0.15, 0.2) is 0 Å². The Bertz CT molecular complexity index is 332. The predicted octanol–water partition coefficient (Wildman–Crippen LogP) is 6.52. The maximum Gasteiger partial charge on any atom is 0.166 e. The maximum atomic E-state index is 12.2. The van der Waals surface area contributed by atoms with Gasteiger partial charge in [-0.25, -0.2) is 0 Å². The molecule has 0 rings (SSSR count). The van der Waals surface area contributed by atoms with Gasteiger partial charge in [0.1, 0.15) is 0 Å². The number of hydrogen-bond donors (Lipinski definition) is 2. The Labute approximate surface area is 170 Å². The van der Waals surface area contributed by atoms with Crippen LogP contribution in [-0.4, -0.2) is 17.9 Å². The Balaban J connectivity index is 3.36. The predicted molar refractivity (Wildman–Crippen MR) is 120 cm³/mol. The van der Waals surface area contributed by atoms with Crippen molar-refractivity contribution >= 4 is 5.78 Å². The molecule has 4 N–H and O–H groups in total. The molecule has 0 saturated carbocycles. The molecule has 0 spiro atoms. The van der Waals surface area contributed by atoms with E-state index in [1.54, 1.807) is 0 Å². The van der Waals surface area contributed by atoms with Gasteiger partial charge < -0.3 is 11.5 Å². The van der Waals surface area contributed by atoms with Crippen LogP contribution in [-0.2, 0) is 4.79 Å². The van der Waals surface area contributed by atoms with E-state index in [9.17, 15) is 4.79 Å². The zero-order chi connectivity index (χ0) is 20.3. The van der Waals surface area contributed by atoms with E-state index in [2.05, 4.69) is 13.8 Å². The zero-order valence-corrected chi connectivity index (χ0v) is 18.8. The van der Waals surface area contributed by atoms with Crippen molar-refractivity contribution in [3.8, 4) is 0 Å². The lowest BCUT2D eigenvalue weighted by molar-refractivity contribution is -0.122. The minimum Gasteiger partial charge on any atom is -0.321 e. The van der Waals surface area contributed by atoms with Crippen molar-refractivity contribution in [2.24, 2.45) is 17.4 Å². The first kappa shape index (κ1) is 26.6. The van der Waals surface area contributed by atoms with Crippen LogP contribution >= 0.6 is 0 Å². The Morgan fingerprint density at radius 2 is 1.04 bits per heavy atom. The lowest BCUT2D eigenvalue weighted by Gasteiger charge is -2.20. The summed E-state index contributed by atoms with van der Waals surface area (Å²) in [4.78, 5) is 12.2. The summed E-state index contributed by atoms with van der Waals surface area (Å²) >= 11 is 0. The Morgan fingerprint density at radius 1 is 0.667 bits per heavy atom. The standard InChI is InChI=1S/C24H50N2O/c1-4-6-7-8-9-10-11-12-13-14-15-16-17-18-19-20-22(25)24(27)23(26)21(3)5-2/h21-23H,4-20,25-26H2,1-3H3/t21-,22?,23-/m0/s1. The van der Waals surface area contributed by atoms with Crippen LogP contribution in [0.1, 0.15) is 130 Å². The SMILES string of the molecule is CCCCCCCCCCCCCCCCCC(N)C(=O)[C@@H](N)[C@@H](C)CC. The highest BCUT2D eigenvalue weighted by atomic mass is 16.1. The van der Waals surface area contributed by atoms with Gasteiger partial charge in [0.05, 0.1) is 12.1 Å². The fraction of sp³-hybridized carbons (Fsp3) is 0.958. The van der Waals surface area contributed by atoms with E-state index < -0.39 is 0 Å². The molecule has 0 aliphatic rings. The van der Waals surface area contributed by atoms with Crippen LogP contribution in [0.3, 0.4) is 0 Å². The molecule has 0 fully saturated rings. The third kappa shape index (κ3) is 15.2. The fourth-order valence-electron chi connectivity index (χ4n) is 3.66. The van der Waals surface area contributed by atoms with Crippen LogP contribution < -0.4 is 11.5 Å². The van der Waals surface area contributed by atoms with Crippen molar-refractivity contribution in [1.29, 1.82) is 0 Å². The summed E-state index contributed by atoms with van der Waals surface area (Å²) in [7, 11) is 0. The van der Waals surface area contributed by atoms with Crippen LogP contribution in [0.4, 0.5) is 0 Å². The minimum absolute atomic E-state index is 0.0507. The molecule has 0 amide bonds. The first-order chi connectivity index (χ1) is 13.0. The largest absolute Gasteiger partial charge is 0.321 e. The molecular formula is C24H50N2O. The smallest absolute Gasteiger partial charge is 0.166 e. The Kier molecular flexibility index (Phi) is 18.6. The van der Waals surface area contributed by atoms with Crippen molar-refractivity contribution < 1.29 is 4.79 Å². The van der Waals surface area contributed by atoms with Crippen LogP contribution in [0.2, 0.25) is 0 Å². The molecular weight excluding hydrogens is 332 g/mol. The molecule has 0 saturated heterocycles. The summed E-state index contributed by atoms with van der Waals surface area (Å²) in [6, 6.07) is -0.752. The summed E-state index contributed by atoms with van der Waals surface area (Å²) in [5.41, 5.74) is 12.0. The molecule has 0 aliphatic carbocycles. The van der Waals surface area contributed by atoms with Crippen LogP contribution in [0.25, 0.3) is 0 Å². The van der Waals surface area contributed by atoms with E-state index >= 15 is 0 Å². The molecule has 0 aromatic heterocycles. The van der Waals surface area contributed by atoms with Crippen molar-refractivity contribution in [3.63, 3.8) is 0 Å². The van der Waals surface area contributed by atoms with E-state index in [0.717, 1.165) is 19.3 Å². The third-order valence-corrected chi connectivity index (χ3v) is 6.07. The van der Waals surface area contributed by atoms with Gasteiger partial charge in [0.2, 0.25) is 0 Å². The van der Waals surface area contributed by atoms with E-state index in [-0.39, 0.29) is 23.8 Å². The molecule has 3 nitrogen and oxygen atoms in total. The van der Waals surface area contributed by atoms with Gasteiger partial charge in [0.15, 0.2) is 5.78 Å². The van der Waals surface area contributed by atoms with Crippen molar-refractivity contribution in [3.05, 3.63) is 0 Å². The molecule has 0 aromatic rings. The number of unbranched alkanes of at least 4 members (excludes halogenated alkanes) is 14. The van der Waals surface area contributed by atoms with Crippen molar-refractivity contribution in [2.75, 3.05) is 0 Å². The van der Waals surface area contributed by atoms with Gasteiger partial charge in [-0.15, -0.1) is 0 Å². The van der Waals surface area contributed by atoms with Crippen LogP contribution in [0, 0.1) is 5.92 Å². The highest BCUT2D eigenvalue weighted by Gasteiger charge is 2.24. The fourth-order valence-corrected chi connectivity index (χ4v) is 3.66. The lowest BCUT2D eigenvalue weighted by atomic mass is 9.91. The zero-order valence-electron chi connectivity index (χ0n) is 18.8. The number of carbonyl (C=O) groups excluding carboxylic acids is 1.